The summed E-state index contributed by atoms with van der Waals surface area (Å²) in [6.07, 6.45) is 1.47. The van der Waals surface area contributed by atoms with E-state index in [4.69, 9.17) is 11.6 Å². The lowest BCUT2D eigenvalue weighted by Crippen LogP contribution is -2.53. The lowest BCUT2D eigenvalue weighted by atomic mass is 9.62. The molecule has 4 heteroatoms. The summed E-state index contributed by atoms with van der Waals surface area (Å²) < 4.78 is 1.04. The molecule has 0 saturated heterocycles. The Kier molecular flexibility index (Phi) is 3.99. The summed E-state index contributed by atoms with van der Waals surface area (Å²) >= 11 is 9.63. The van der Waals surface area contributed by atoms with Crippen LogP contribution in [-0.2, 0) is 4.79 Å². The van der Waals surface area contributed by atoms with Crippen LogP contribution in [0.1, 0.15) is 45.2 Å². The van der Waals surface area contributed by atoms with E-state index in [2.05, 4.69) is 21.2 Å². The Morgan fingerprint density at radius 1 is 1.32 bits per heavy atom. The third kappa shape index (κ3) is 3.32. The van der Waals surface area contributed by atoms with Crippen molar-refractivity contribution in [2.24, 2.45) is 5.41 Å². The number of hydrogen-bond donors (Lipinski definition) is 1. The van der Waals surface area contributed by atoms with Crippen LogP contribution in [0.25, 0.3) is 0 Å². The largest absolute Gasteiger partial charge is 0.349 e. The topological polar surface area (TPSA) is 29.1 Å². The third-order valence-corrected chi connectivity index (χ3v) is 4.58. The standard InChI is InChI=1S/C15H19BrClNO/c1-10(11-4-6-12(16)7-5-11)18-13(19)14(2)8-15(3,17)9-14/h4-7,10H,8-9H2,1-3H3,(H,18,19)/t10?,14-,15+. The van der Waals surface area contributed by atoms with Crippen LogP contribution in [0.5, 0.6) is 0 Å². The highest BCUT2D eigenvalue weighted by Crippen LogP contribution is 2.52. The quantitative estimate of drug-likeness (QED) is 0.808. The smallest absolute Gasteiger partial charge is 0.226 e. The zero-order chi connectivity index (χ0) is 14.3. The predicted octanol–water partition coefficient (Wildman–Crippen LogP) is 4.42. The molecule has 0 radical (unpaired) electrons. The molecular weight excluding hydrogens is 326 g/mol. The molecule has 104 valence electrons. The number of carbonyl (C=O) groups excluding carboxylic acids is 1. The minimum absolute atomic E-state index is 0.0135. The summed E-state index contributed by atoms with van der Waals surface area (Å²) in [4.78, 5) is 12.1. The highest BCUT2D eigenvalue weighted by Gasteiger charge is 2.52. The summed E-state index contributed by atoms with van der Waals surface area (Å²) in [7, 11) is 0. The maximum Gasteiger partial charge on any atom is 0.226 e. The van der Waals surface area contributed by atoms with E-state index < -0.39 is 0 Å². The second kappa shape index (κ2) is 5.10. The Morgan fingerprint density at radius 2 is 1.84 bits per heavy atom. The molecule has 1 aliphatic rings. The molecule has 0 bridgehead atoms. The molecule has 0 aliphatic heterocycles. The first-order valence-electron chi connectivity index (χ1n) is 6.47. The molecule has 2 rings (SSSR count). The van der Waals surface area contributed by atoms with Gasteiger partial charge in [0, 0.05) is 14.8 Å². The van der Waals surface area contributed by atoms with Gasteiger partial charge >= 0.3 is 0 Å². The van der Waals surface area contributed by atoms with E-state index in [0.717, 1.165) is 22.9 Å². The Morgan fingerprint density at radius 3 is 2.32 bits per heavy atom. The molecule has 1 aromatic carbocycles. The number of amides is 1. The summed E-state index contributed by atoms with van der Waals surface area (Å²) in [5.41, 5.74) is 0.785. The van der Waals surface area contributed by atoms with Gasteiger partial charge in [0.1, 0.15) is 0 Å². The first-order chi connectivity index (χ1) is 8.72. The number of benzene rings is 1. The van der Waals surface area contributed by atoms with E-state index in [1.54, 1.807) is 0 Å². The van der Waals surface area contributed by atoms with Crippen LogP contribution < -0.4 is 5.32 Å². The molecule has 1 atom stereocenters. The first kappa shape index (κ1) is 14.9. The van der Waals surface area contributed by atoms with Crippen molar-refractivity contribution in [1.82, 2.24) is 5.32 Å². The number of rotatable bonds is 3. The minimum atomic E-state index is -0.319. The van der Waals surface area contributed by atoms with Gasteiger partial charge in [-0.2, -0.15) is 0 Å². The van der Waals surface area contributed by atoms with Crippen LogP contribution in [0.2, 0.25) is 0 Å². The molecule has 2 nitrogen and oxygen atoms in total. The average Bonchev–Trinajstić information content (AvgIpc) is 2.26. The number of halogens is 2. The highest BCUT2D eigenvalue weighted by molar-refractivity contribution is 9.10. The number of hydrogen-bond acceptors (Lipinski definition) is 1. The highest BCUT2D eigenvalue weighted by atomic mass is 79.9. The molecule has 1 unspecified atom stereocenters. The van der Waals surface area contributed by atoms with E-state index in [9.17, 15) is 4.79 Å². The lowest BCUT2D eigenvalue weighted by molar-refractivity contribution is -0.137. The molecule has 0 aromatic heterocycles. The van der Waals surface area contributed by atoms with Gasteiger partial charge in [-0.15, -0.1) is 11.6 Å². The van der Waals surface area contributed by atoms with Crippen molar-refractivity contribution in [2.75, 3.05) is 0 Å². The molecule has 1 aromatic rings. The van der Waals surface area contributed by atoms with Gasteiger partial charge in [-0.05, 0) is 44.4 Å². The third-order valence-electron chi connectivity index (χ3n) is 3.78. The maximum atomic E-state index is 12.3. The first-order valence-corrected chi connectivity index (χ1v) is 7.64. The Hall–Kier alpha value is -0.540. The van der Waals surface area contributed by atoms with Gasteiger partial charge in [-0.1, -0.05) is 35.0 Å². The Bertz CT molecular complexity index is 475. The predicted molar refractivity (Wildman–Crippen MR) is 82.3 cm³/mol. The Labute approximate surface area is 128 Å². The van der Waals surface area contributed by atoms with Gasteiger partial charge in [0.05, 0.1) is 6.04 Å². The Balaban J connectivity index is 1.98. The summed E-state index contributed by atoms with van der Waals surface area (Å²) in [6.45, 7) is 5.98. The zero-order valence-corrected chi connectivity index (χ0v) is 13.8. The maximum absolute atomic E-state index is 12.3. The average molecular weight is 345 g/mol. The number of nitrogens with one attached hydrogen (secondary N) is 1. The van der Waals surface area contributed by atoms with Crippen molar-refractivity contribution in [1.29, 1.82) is 0 Å². The van der Waals surface area contributed by atoms with Crippen LogP contribution in [0.15, 0.2) is 28.7 Å². The number of alkyl halides is 1. The molecular formula is C15H19BrClNO. The summed E-state index contributed by atoms with van der Waals surface area (Å²) in [6, 6.07) is 8.02. The van der Waals surface area contributed by atoms with Crippen molar-refractivity contribution in [2.45, 2.75) is 44.5 Å². The van der Waals surface area contributed by atoms with E-state index in [1.807, 2.05) is 45.0 Å². The van der Waals surface area contributed by atoms with E-state index >= 15 is 0 Å². The van der Waals surface area contributed by atoms with Gasteiger partial charge in [0.2, 0.25) is 5.91 Å². The molecule has 0 spiro atoms. The molecule has 19 heavy (non-hydrogen) atoms. The molecule has 1 amide bonds. The van der Waals surface area contributed by atoms with Gasteiger partial charge in [0.25, 0.3) is 0 Å². The van der Waals surface area contributed by atoms with Crippen LogP contribution in [0, 0.1) is 5.41 Å². The van der Waals surface area contributed by atoms with Crippen LogP contribution in [0.3, 0.4) is 0 Å². The van der Waals surface area contributed by atoms with Crippen molar-refractivity contribution < 1.29 is 4.79 Å². The monoisotopic (exact) mass is 343 g/mol. The summed E-state index contributed by atoms with van der Waals surface area (Å²) in [5.74, 6) is 0.0982. The van der Waals surface area contributed by atoms with E-state index in [1.165, 1.54) is 0 Å². The normalized spacial score (nSPS) is 31.4. The van der Waals surface area contributed by atoms with Crippen LogP contribution >= 0.6 is 27.5 Å². The fourth-order valence-corrected chi connectivity index (χ4v) is 3.80. The minimum Gasteiger partial charge on any atom is -0.349 e. The van der Waals surface area contributed by atoms with Gasteiger partial charge < -0.3 is 5.32 Å². The van der Waals surface area contributed by atoms with Gasteiger partial charge in [-0.25, -0.2) is 0 Å². The van der Waals surface area contributed by atoms with E-state index in [-0.39, 0.29) is 22.2 Å². The fraction of sp³-hybridized carbons (Fsp3) is 0.533. The molecule has 0 heterocycles. The molecule has 1 saturated carbocycles. The van der Waals surface area contributed by atoms with Crippen molar-refractivity contribution in [3.05, 3.63) is 34.3 Å². The van der Waals surface area contributed by atoms with Crippen molar-refractivity contribution in [3.8, 4) is 0 Å². The molecule has 1 aliphatic carbocycles. The van der Waals surface area contributed by atoms with Gasteiger partial charge in [-0.3, -0.25) is 4.79 Å². The van der Waals surface area contributed by atoms with Crippen molar-refractivity contribution >= 4 is 33.4 Å². The fourth-order valence-electron chi connectivity index (χ4n) is 2.94. The SMILES string of the molecule is CC(NC(=O)[C@]1(C)C[C@](C)(Cl)C1)c1ccc(Br)cc1. The molecule has 1 fully saturated rings. The lowest BCUT2D eigenvalue weighted by Gasteiger charge is -2.48. The molecule has 1 N–H and O–H groups in total. The number of carbonyl (C=O) groups is 1. The second-order valence-corrected chi connectivity index (χ2v) is 7.90. The van der Waals surface area contributed by atoms with Crippen LogP contribution in [-0.4, -0.2) is 10.8 Å². The van der Waals surface area contributed by atoms with E-state index in [0.29, 0.717) is 0 Å². The second-order valence-electron chi connectivity index (χ2n) is 6.07. The zero-order valence-electron chi connectivity index (χ0n) is 11.5. The van der Waals surface area contributed by atoms with Gasteiger partial charge in [0.15, 0.2) is 0 Å². The van der Waals surface area contributed by atoms with Crippen LogP contribution in [0.4, 0.5) is 0 Å². The summed E-state index contributed by atoms with van der Waals surface area (Å²) in [5, 5.41) is 3.08. The van der Waals surface area contributed by atoms with Crippen molar-refractivity contribution in [3.63, 3.8) is 0 Å².